The van der Waals surface area contributed by atoms with Gasteiger partial charge in [0.2, 0.25) is 0 Å². The third-order valence-electron chi connectivity index (χ3n) is 4.24. The van der Waals surface area contributed by atoms with Gasteiger partial charge in [0.1, 0.15) is 5.56 Å². The highest BCUT2D eigenvalue weighted by Gasteiger charge is 2.29. The fraction of sp³-hybridized carbons (Fsp3) is 0.467. The van der Waals surface area contributed by atoms with E-state index in [-0.39, 0.29) is 0 Å². The number of carbonyl (C=O) groups is 1. The van der Waals surface area contributed by atoms with Gasteiger partial charge in [-0.15, -0.1) is 0 Å². The molecule has 0 fully saturated rings. The molecule has 1 atom stereocenters. The molecule has 2 aromatic heterocycles. The molecule has 2 aromatic rings. The molecule has 0 saturated heterocycles. The SMILES string of the molecule is CCc1nn2ccc3c(c2c1C(=O)O)C(CCN)CC3. The number of carboxylic acids is 1. The summed E-state index contributed by atoms with van der Waals surface area (Å²) in [4.78, 5) is 11.6. The molecule has 3 N–H and O–H groups in total. The highest BCUT2D eigenvalue weighted by Crippen LogP contribution is 2.39. The van der Waals surface area contributed by atoms with Crippen LogP contribution in [0, 0.1) is 0 Å². The van der Waals surface area contributed by atoms with Crippen molar-refractivity contribution in [1.82, 2.24) is 9.61 Å². The van der Waals surface area contributed by atoms with Crippen LogP contribution < -0.4 is 5.73 Å². The lowest BCUT2D eigenvalue weighted by atomic mass is 9.95. The van der Waals surface area contributed by atoms with Crippen molar-refractivity contribution in [2.24, 2.45) is 5.73 Å². The van der Waals surface area contributed by atoms with Gasteiger partial charge in [-0.3, -0.25) is 0 Å². The van der Waals surface area contributed by atoms with E-state index >= 15 is 0 Å². The van der Waals surface area contributed by atoms with Gasteiger partial charge in [0, 0.05) is 6.20 Å². The van der Waals surface area contributed by atoms with E-state index in [1.807, 2.05) is 13.1 Å². The van der Waals surface area contributed by atoms with Crippen molar-refractivity contribution in [3.05, 3.63) is 34.6 Å². The molecule has 5 heteroatoms. The lowest BCUT2D eigenvalue weighted by Crippen LogP contribution is -2.07. The number of hydrogen-bond acceptors (Lipinski definition) is 3. The molecule has 1 unspecified atom stereocenters. The first-order valence-corrected chi connectivity index (χ1v) is 7.13. The van der Waals surface area contributed by atoms with E-state index in [0.717, 1.165) is 30.3 Å². The van der Waals surface area contributed by atoms with Crippen LogP contribution >= 0.6 is 0 Å². The fourth-order valence-electron chi connectivity index (χ4n) is 3.36. The van der Waals surface area contributed by atoms with Crippen LogP contribution in [0.15, 0.2) is 12.3 Å². The van der Waals surface area contributed by atoms with Gasteiger partial charge in [0.25, 0.3) is 0 Å². The van der Waals surface area contributed by atoms with Crippen LogP contribution in [0.2, 0.25) is 0 Å². The predicted octanol–water partition coefficient (Wildman–Crippen LogP) is 1.97. The summed E-state index contributed by atoms with van der Waals surface area (Å²) in [6, 6.07) is 2.07. The Morgan fingerprint density at radius 3 is 3.05 bits per heavy atom. The van der Waals surface area contributed by atoms with Crippen molar-refractivity contribution in [1.29, 1.82) is 0 Å². The van der Waals surface area contributed by atoms with Gasteiger partial charge in [0.05, 0.1) is 11.2 Å². The number of fused-ring (bicyclic) bond motifs is 3. The first-order valence-electron chi connectivity index (χ1n) is 7.13. The number of rotatable bonds is 4. The average Bonchev–Trinajstić information content (AvgIpc) is 2.99. The summed E-state index contributed by atoms with van der Waals surface area (Å²) in [7, 11) is 0. The molecule has 0 radical (unpaired) electrons. The molecule has 1 aliphatic carbocycles. The second-order valence-electron chi connectivity index (χ2n) is 5.34. The van der Waals surface area contributed by atoms with Crippen LogP contribution in [0.25, 0.3) is 5.52 Å². The Kier molecular flexibility index (Phi) is 3.22. The van der Waals surface area contributed by atoms with Crippen molar-refractivity contribution in [2.75, 3.05) is 6.54 Å². The number of aryl methyl sites for hydroxylation is 2. The maximum absolute atomic E-state index is 11.6. The van der Waals surface area contributed by atoms with Gasteiger partial charge >= 0.3 is 5.97 Å². The normalized spacial score (nSPS) is 17.6. The zero-order chi connectivity index (χ0) is 14.3. The molecule has 0 saturated carbocycles. The zero-order valence-electron chi connectivity index (χ0n) is 11.6. The summed E-state index contributed by atoms with van der Waals surface area (Å²) in [6.07, 6.45) is 5.46. The Bertz CT molecular complexity index is 673. The van der Waals surface area contributed by atoms with Gasteiger partial charge in [-0.1, -0.05) is 6.92 Å². The maximum atomic E-state index is 11.6. The van der Waals surface area contributed by atoms with Gasteiger partial charge in [-0.25, -0.2) is 9.31 Å². The number of nitrogens with zero attached hydrogens (tertiary/aromatic N) is 2. The minimum Gasteiger partial charge on any atom is -0.478 e. The Labute approximate surface area is 117 Å². The third-order valence-corrected chi connectivity index (χ3v) is 4.24. The smallest absolute Gasteiger partial charge is 0.339 e. The number of carboxylic acid groups (broad SMARTS) is 1. The number of pyridine rings is 1. The van der Waals surface area contributed by atoms with Gasteiger partial charge in [-0.05, 0) is 55.3 Å². The Hall–Kier alpha value is -1.88. The molecular weight excluding hydrogens is 254 g/mol. The Morgan fingerprint density at radius 2 is 2.40 bits per heavy atom. The predicted molar refractivity (Wildman–Crippen MR) is 76.3 cm³/mol. The molecule has 5 nitrogen and oxygen atoms in total. The van der Waals surface area contributed by atoms with Crippen LogP contribution in [0.4, 0.5) is 0 Å². The summed E-state index contributed by atoms with van der Waals surface area (Å²) < 4.78 is 1.73. The van der Waals surface area contributed by atoms with Crippen LogP contribution in [-0.4, -0.2) is 27.2 Å². The molecule has 1 aliphatic rings. The van der Waals surface area contributed by atoms with Crippen molar-refractivity contribution in [3.63, 3.8) is 0 Å². The Morgan fingerprint density at radius 1 is 1.60 bits per heavy atom. The molecule has 106 valence electrons. The van der Waals surface area contributed by atoms with E-state index in [1.165, 1.54) is 5.56 Å². The fourth-order valence-corrected chi connectivity index (χ4v) is 3.36. The number of aromatic carboxylic acids is 1. The quantitative estimate of drug-likeness (QED) is 0.892. The number of nitrogens with two attached hydrogens (primary N) is 1. The number of aromatic nitrogens is 2. The monoisotopic (exact) mass is 273 g/mol. The van der Waals surface area contributed by atoms with Crippen molar-refractivity contribution >= 4 is 11.5 Å². The minimum atomic E-state index is -0.886. The molecule has 0 aliphatic heterocycles. The summed E-state index contributed by atoms with van der Waals surface area (Å²) >= 11 is 0. The molecule has 3 rings (SSSR count). The first kappa shape index (κ1) is 13.1. The second-order valence-corrected chi connectivity index (χ2v) is 5.34. The molecule has 2 heterocycles. The van der Waals surface area contributed by atoms with Crippen LogP contribution in [0.5, 0.6) is 0 Å². The molecular formula is C15H19N3O2. The topological polar surface area (TPSA) is 80.6 Å². The molecule has 0 bridgehead atoms. The molecule has 0 amide bonds. The summed E-state index contributed by atoms with van der Waals surface area (Å²) in [5, 5.41) is 14.0. The summed E-state index contributed by atoms with van der Waals surface area (Å²) in [5.41, 5.74) is 9.91. The van der Waals surface area contributed by atoms with E-state index in [9.17, 15) is 9.90 Å². The maximum Gasteiger partial charge on any atom is 0.339 e. The lowest BCUT2D eigenvalue weighted by molar-refractivity contribution is 0.0698. The van der Waals surface area contributed by atoms with E-state index in [0.29, 0.717) is 30.1 Å². The van der Waals surface area contributed by atoms with E-state index in [2.05, 4.69) is 11.2 Å². The minimum absolute atomic E-state index is 0.359. The summed E-state index contributed by atoms with van der Waals surface area (Å²) in [5.74, 6) is -0.526. The van der Waals surface area contributed by atoms with Crippen molar-refractivity contribution < 1.29 is 9.90 Å². The van der Waals surface area contributed by atoms with Crippen molar-refractivity contribution in [3.8, 4) is 0 Å². The zero-order valence-corrected chi connectivity index (χ0v) is 11.6. The van der Waals surface area contributed by atoms with Crippen molar-refractivity contribution in [2.45, 2.75) is 38.5 Å². The van der Waals surface area contributed by atoms with E-state index in [1.54, 1.807) is 4.52 Å². The first-order chi connectivity index (χ1) is 9.67. The highest BCUT2D eigenvalue weighted by molar-refractivity contribution is 5.98. The lowest BCUT2D eigenvalue weighted by Gasteiger charge is -2.12. The van der Waals surface area contributed by atoms with Crippen LogP contribution in [0.3, 0.4) is 0 Å². The number of hydrogen-bond donors (Lipinski definition) is 2. The standard InChI is InChI=1S/C15H19N3O2/c1-2-11-13(15(19)20)14-12-9(5-7-16)3-4-10(12)6-8-18(14)17-11/h6,8-9H,2-5,7,16H2,1H3,(H,19,20). The van der Waals surface area contributed by atoms with Gasteiger partial charge < -0.3 is 10.8 Å². The van der Waals surface area contributed by atoms with Gasteiger partial charge in [0.15, 0.2) is 0 Å². The third kappa shape index (κ3) is 1.81. The van der Waals surface area contributed by atoms with Gasteiger partial charge in [-0.2, -0.15) is 5.10 Å². The van der Waals surface area contributed by atoms with Crippen LogP contribution in [0.1, 0.15) is 52.9 Å². The average molecular weight is 273 g/mol. The second kappa shape index (κ2) is 4.90. The molecule has 20 heavy (non-hydrogen) atoms. The van der Waals surface area contributed by atoms with Crippen LogP contribution in [-0.2, 0) is 12.8 Å². The summed E-state index contributed by atoms with van der Waals surface area (Å²) in [6.45, 7) is 2.56. The van der Waals surface area contributed by atoms with E-state index < -0.39 is 5.97 Å². The largest absolute Gasteiger partial charge is 0.478 e. The molecule has 0 aromatic carbocycles. The Balaban J connectivity index is 2.31. The highest BCUT2D eigenvalue weighted by atomic mass is 16.4. The van der Waals surface area contributed by atoms with E-state index in [4.69, 9.17) is 5.73 Å². The molecule has 0 spiro atoms.